The monoisotopic (exact) mass is 385 g/mol. The lowest BCUT2D eigenvalue weighted by Crippen LogP contribution is -2.35. The van der Waals surface area contributed by atoms with E-state index in [0.29, 0.717) is 28.9 Å². The Balaban J connectivity index is 2.16. The van der Waals surface area contributed by atoms with E-state index >= 15 is 0 Å². The first-order valence-electron chi connectivity index (χ1n) is 9.12. The summed E-state index contributed by atoms with van der Waals surface area (Å²) in [5.74, 6) is -1.14. The van der Waals surface area contributed by atoms with Crippen molar-refractivity contribution in [3.8, 4) is 0 Å². The molecule has 0 saturated carbocycles. The van der Waals surface area contributed by atoms with Gasteiger partial charge in [0.2, 0.25) is 5.91 Å². The molecule has 2 N–H and O–H groups in total. The van der Waals surface area contributed by atoms with Crippen LogP contribution in [0.3, 0.4) is 0 Å². The summed E-state index contributed by atoms with van der Waals surface area (Å²) in [6.07, 6.45) is 0.551. The van der Waals surface area contributed by atoms with Crippen LogP contribution in [0.15, 0.2) is 18.2 Å². The van der Waals surface area contributed by atoms with Crippen LogP contribution in [0.25, 0.3) is 0 Å². The van der Waals surface area contributed by atoms with Gasteiger partial charge >= 0.3 is 5.97 Å². The summed E-state index contributed by atoms with van der Waals surface area (Å²) >= 11 is 0. The van der Waals surface area contributed by atoms with Crippen LogP contribution in [0.4, 0.5) is 5.69 Å². The van der Waals surface area contributed by atoms with Crippen molar-refractivity contribution in [3.63, 3.8) is 0 Å². The average Bonchev–Trinajstić information content (AvgIpc) is 3.00. The molecule has 1 heterocycles. The van der Waals surface area contributed by atoms with E-state index < -0.39 is 5.97 Å². The molecule has 2 amide bonds. The van der Waals surface area contributed by atoms with E-state index in [1.165, 1.54) is 12.0 Å². The Hall–Kier alpha value is -3.09. The molecule has 1 aromatic carbocycles. The fraction of sp³-hybridized carbons (Fsp3) is 0.381. The van der Waals surface area contributed by atoms with Gasteiger partial charge in [-0.05, 0) is 49.9 Å². The third kappa shape index (κ3) is 4.24. The largest absolute Gasteiger partial charge is 0.465 e. The van der Waals surface area contributed by atoms with E-state index in [9.17, 15) is 14.4 Å². The Labute approximate surface area is 165 Å². The number of hydrogen-bond acceptors (Lipinski definition) is 4. The molecule has 28 heavy (non-hydrogen) atoms. The Morgan fingerprint density at radius 3 is 2.43 bits per heavy atom. The third-order valence-corrected chi connectivity index (χ3v) is 4.89. The van der Waals surface area contributed by atoms with Crippen molar-refractivity contribution in [2.75, 3.05) is 26.0 Å². The first-order chi connectivity index (χ1) is 13.2. The predicted octanol–water partition coefficient (Wildman–Crippen LogP) is 3.00. The lowest BCUT2D eigenvalue weighted by atomic mass is 10.1. The molecule has 7 heteroatoms. The number of aryl methyl sites for hydroxylation is 2. The molecule has 2 rings (SSSR count). The zero-order valence-corrected chi connectivity index (χ0v) is 17.2. The molecule has 7 nitrogen and oxygen atoms in total. The highest BCUT2D eigenvalue weighted by molar-refractivity contribution is 6.02. The van der Waals surface area contributed by atoms with Crippen LogP contribution in [0.1, 0.15) is 50.2 Å². The van der Waals surface area contributed by atoms with Crippen molar-refractivity contribution in [3.05, 3.63) is 51.8 Å². The number of H-pyrrole nitrogens is 1. The highest BCUT2D eigenvalue weighted by atomic mass is 16.5. The van der Waals surface area contributed by atoms with Crippen LogP contribution in [0.5, 0.6) is 0 Å². The number of rotatable bonds is 6. The summed E-state index contributed by atoms with van der Waals surface area (Å²) in [6.45, 7) is 7.37. The fourth-order valence-electron chi connectivity index (χ4n) is 3.07. The number of aromatic nitrogens is 1. The van der Waals surface area contributed by atoms with E-state index in [2.05, 4.69) is 10.3 Å². The van der Waals surface area contributed by atoms with Gasteiger partial charge in [-0.2, -0.15) is 0 Å². The van der Waals surface area contributed by atoms with Crippen LogP contribution in [-0.2, 0) is 16.0 Å². The van der Waals surface area contributed by atoms with Gasteiger partial charge in [-0.1, -0.05) is 19.1 Å². The lowest BCUT2D eigenvalue weighted by molar-refractivity contribution is -0.116. The van der Waals surface area contributed by atoms with Gasteiger partial charge in [0.05, 0.1) is 19.2 Å². The van der Waals surface area contributed by atoms with Crippen molar-refractivity contribution in [2.24, 2.45) is 0 Å². The fourth-order valence-corrected chi connectivity index (χ4v) is 3.07. The number of likely N-dealkylation sites (N-methyl/N-ethyl adjacent to an activating group) is 1. The van der Waals surface area contributed by atoms with E-state index in [0.717, 1.165) is 16.8 Å². The molecular formula is C21H27N3O4. The third-order valence-electron chi connectivity index (χ3n) is 4.89. The van der Waals surface area contributed by atoms with Crippen molar-refractivity contribution in [1.29, 1.82) is 0 Å². The van der Waals surface area contributed by atoms with Crippen molar-refractivity contribution < 1.29 is 19.1 Å². The zero-order valence-electron chi connectivity index (χ0n) is 17.2. The minimum Gasteiger partial charge on any atom is -0.465 e. The quantitative estimate of drug-likeness (QED) is 0.748. The van der Waals surface area contributed by atoms with Gasteiger partial charge in [-0.15, -0.1) is 0 Å². The molecule has 150 valence electrons. The Morgan fingerprint density at radius 1 is 1.14 bits per heavy atom. The number of methoxy groups -OCH3 is 1. The molecule has 0 unspecified atom stereocenters. The number of carbonyl (C=O) groups excluding carboxylic acids is 3. The summed E-state index contributed by atoms with van der Waals surface area (Å²) in [5, 5.41) is 2.84. The molecule has 0 radical (unpaired) electrons. The molecule has 0 spiro atoms. The topological polar surface area (TPSA) is 91.5 Å². The van der Waals surface area contributed by atoms with E-state index in [1.807, 2.05) is 39.0 Å². The molecule has 1 aromatic heterocycles. The Bertz CT molecular complexity index is 915. The van der Waals surface area contributed by atoms with Crippen molar-refractivity contribution >= 4 is 23.5 Å². The second-order valence-corrected chi connectivity index (χ2v) is 6.78. The number of ether oxygens (including phenoxy) is 1. The minimum atomic E-state index is -0.486. The Morgan fingerprint density at radius 2 is 1.82 bits per heavy atom. The van der Waals surface area contributed by atoms with Crippen LogP contribution >= 0.6 is 0 Å². The standard InChI is InChI=1S/C21H27N3O4/c1-7-15-18(21(27)28-6)14(4)19(23-15)20(26)24(5)11-17(25)22-16-10-8-9-12(2)13(16)3/h8-10,23H,7,11H2,1-6H3,(H,22,25). The van der Waals surface area contributed by atoms with Crippen molar-refractivity contribution in [2.45, 2.75) is 34.1 Å². The summed E-state index contributed by atoms with van der Waals surface area (Å²) in [4.78, 5) is 41.6. The molecule has 0 atom stereocenters. The van der Waals surface area contributed by atoms with Crippen LogP contribution in [-0.4, -0.2) is 48.4 Å². The highest BCUT2D eigenvalue weighted by Crippen LogP contribution is 2.22. The number of benzene rings is 1. The van der Waals surface area contributed by atoms with Crippen LogP contribution < -0.4 is 5.32 Å². The maximum atomic E-state index is 12.8. The number of carbonyl (C=O) groups is 3. The van der Waals surface area contributed by atoms with E-state index in [1.54, 1.807) is 14.0 Å². The number of anilines is 1. The van der Waals surface area contributed by atoms with Gasteiger partial charge in [-0.25, -0.2) is 4.79 Å². The van der Waals surface area contributed by atoms with Crippen molar-refractivity contribution in [1.82, 2.24) is 9.88 Å². The summed E-state index contributed by atoms with van der Waals surface area (Å²) in [7, 11) is 2.86. The maximum absolute atomic E-state index is 12.8. The van der Waals surface area contributed by atoms with Crippen LogP contribution in [0, 0.1) is 20.8 Å². The predicted molar refractivity (Wildman–Crippen MR) is 108 cm³/mol. The summed E-state index contributed by atoms with van der Waals surface area (Å²) in [6, 6.07) is 5.67. The smallest absolute Gasteiger partial charge is 0.339 e. The lowest BCUT2D eigenvalue weighted by Gasteiger charge is -2.17. The van der Waals surface area contributed by atoms with Gasteiger partial charge in [-0.3, -0.25) is 9.59 Å². The first kappa shape index (κ1) is 21.2. The molecule has 2 aromatic rings. The molecule has 0 bridgehead atoms. The van der Waals surface area contributed by atoms with Gasteiger partial charge in [0, 0.05) is 18.4 Å². The second-order valence-electron chi connectivity index (χ2n) is 6.78. The maximum Gasteiger partial charge on any atom is 0.339 e. The van der Waals surface area contributed by atoms with Gasteiger partial charge in [0.25, 0.3) is 5.91 Å². The SMILES string of the molecule is CCc1[nH]c(C(=O)N(C)CC(=O)Nc2cccc(C)c2C)c(C)c1C(=O)OC. The number of esters is 1. The molecule has 0 aliphatic heterocycles. The zero-order chi connectivity index (χ0) is 21.0. The molecule has 0 saturated heterocycles. The van der Waals surface area contributed by atoms with Crippen LogP contribution in [0.2, 0.25) is 0 Å². The normalized spacial score (nSPS) is 10.5. The summed E-state index contributed by atoms with van der Waals surface area (Å²) < 4.78 is 4.82. The number of aromatic amines is 1. The average molecular weight is 385 g/mol. The first-order valence-corrected chi connectivity index (χ1v) is 9.12. The summed E-state index contributed by atoms with van der Waals surface area (Å²) in [5.41, 5.74) is 4.62. The van der Waals surface area contributed by atoms with Gasteiger partial charge in [0.1, 0.15) is 5.69 Å². The van der Waals surface area contributed by atoms with Gasteiger partial charge in [0.15, 0.2) is 0 Å². The second kappa shape index (κ2) is 8.73. The molecule has 0 fully saturated rings. The van der Waals surface area contributed by atoms with E-state index in [-0.39, 0.29) is 18.4 Å². The number of hydrogen-bond donors (Lipinski definition) is 2. The Kier molecular flexibility index (Phi) is 6.62. The number of amides is 2. The minimum absolute atomic E-state index is 0.111. The van der Waals surface area contributed by atoms with Gasteiger partial charge < -0.3 is 19.9 Å². The number of nitrogens with one attached hydrogen (secondary N) is 2. The number of nitrogens with zero attached hydrogens (tertiary/aromatic N) is 1. The molecule has 0 aliphatic carbocycles. The van der Waals surface area contributed by atoms with E-state index in [4.69, 9.17) is 4.74 Å². The molecule has 0 aliphatic rings. The molecular weight excluding hydrogens is 358 g/mol. The highest BCUT2D eigenvalue weighted by Gasteiger charge is 2.26.